The summed E-state index contributed by atoms with van der Waals surface area (Å²) in [5.41, 5.74) is 2.32. The molecule has 3 N–H and O–H groups in total. The topological polar surface area (TPSA) is 124 Å². The van der Waals surface area contributed by atoms with Crippen molar-refractivity contribution >= 4 is 44.3 Å². The van der Waals surface area contributed by atoms with Gasteiger partial charge in [0, 0.05) is 21.5 Å². The number of benzene rings is 2. The van der Waals surface area contributed by atoms with Gasteiger partial charge in [-0.2, -0.15) is 0 Å². The van der Waals surface area contributed by atoms with Gasteiger partial charge < -0.3 is 34.3 Å². The third-order valence-electron chi connectivity index (χ3n) is 7.25. The summed E-state index contributed by atoms with van der Waals surface area (Å²) in [5, 5.41) is 27.9. The second kappa shape index (κ2) is 14.5. The molecule has 0 bridgehead atoms. The van der Waals surface area contributed by atoms with Crippen molar-refractivity contribution in [3.63, 3.8) is 0 Å². The van der Waals surface area contributed by atoms with Crippen LogP contribution in [-0.4, -0.2) is 90.0 Å². The number of rotatable bonds is 10. The number of likely N-dealkylation sites (tertiary alicyclic amines) is 1. The van der Waals surface area contributed by atoms with E-state index in [1.807, 2.05) is 35.6 Å². The number of aliphatic carboxylic acids is 2. The number of furan rings is 1. The molecule has 0 radical (unpaired) electrons. The molecule has 0 amide bonds. The number of aliphatic hydroxyl groups excluding tert-OH is 1. The number of hydrogen-bond donors (Lipinski definition) is 3. The highest BCUT2D eigenvalue weighted by atomic mass is 32.1. The minimum absolute atomic E-state index is 0.270. The zero-order valence-electron chi connectivity index (χ0n) is 23.5. The fourth-order valence-corrected chi connectivity index (χ4v) is 6.69. The minimum atomic E-state index is -1.82. The molecule has 9 nitrogen and oxygen atoms in total. The van der Waals surface area contributed by atoms with Gasteiger partial charge in [0.1, 0.15) is 12.7 Å². The largest absolute Gasteiger partial charge is 0.487 e. The van der Waals surface area contributed by atoms with Gasteiger partial charge in [0.25, 0.3) is 0 Å². The Bertz CT molecular complexity index is 1430. The Morgan fingerprint density at radius 2 is 1.80 bits per heavy atom. The summed E-state index contributed by atoms with van der Waals surface area (Å²) in [6.45, 7) is 4.06. The van der Waals surface area contributed by atoms with Crippen molar-refractivity contribution in [2.75, 3.05) is 46.9 Å². The number of piperidine rings is 1. The van der Waals surface area contributed by atoms with E-state index in [0.717, 1.165) is 49.9 Å². The van der Waals surface area contributed by atoms with Crippen LogP contribution in [-0.2, 0) is 16.0 Å². The van der Waals surface area contributed by atoms with Gasteiger partial charge >= 0.3 is 11.9 Å². The molecule has 1 atom stereocenters. The Morgan fingerprint density at radius 3 is 2.51 bits per heavy atom. The first-order valence-electron chi connectivity index (χ1n) is 13.8. The summed E-state index contributed by atoms with van der Waals surface area (Å²) in [7, 11) is 4.30. The van der Waals surface area contributed by atoms with Crippen LogP contribution in [0.15, 0.2) is 59.2 Å². The predicted molar refractivity (Wildman–Crippen MR) is 160 cm³/mol. The molecule has 0 unspecified atom stereocenters. The smallest absolute Gasteiger partial charge is 0.414 e. The molecule has 1 aliphatic heterocycles. The molecule has 0 spiro atoms. The molecule has 1 aliphatic rings. The van der Waals surface area contributed by atoms with E-state index in [-0.39, 0.29) is 6.61 Å². The summed E-state index contributed by atoms with van der Waals surface area (Å²) in [6, 6.07) is 16.7. The normalized spacial score (nSPS) is 15.1. The molecular weight excluding hydrogens is 544 g/mol. The van der Waals surface area contributed by atoms with E-state index in [1.165, 1.54) is 16.5 Å². The molecule has 0 aliphatic carbocycles. The van der Waals surface area contributed by atoms with Crippen LogP contribution in [0.1, 0.15) is 35.6 Å². The quantitative estimate of drug-likeness (QED) is 0.224. The van der Waals surface area contributed by atoms with Gasteiger partial charge in [-0.05, 0) is 94.5 Å². The number of carbonyl (C=O) groups is 2. The maximum atomic E-state index is 10.7. The van der Waals surface area contributed by atoms with Crippen molar-refractivity contribution in [2.24, 2.45) is 0 Å². The summed E-state index contributed by atoms with van der Waals surface area (Å²) in [4.78, 5) is 24.5. The van der Waals surface area contributed by atoms with Gasteiger partial charge in [-0.25, -0.2) is 9.59 Å². The van der Waals surface area contributed by atoms with Crippen molar-refractivity contribution < 1.29 is 34.1 Å². The first kappa shape index (κ1) is 30.5. The van der Waals surface area contributed by atoms with Crippen LogP contribution in [0.25, 0.3) is 21.1 Å². The first-order valence-corrected chi connectivity index (χ1v) is 14.6. The predicted octanol–water partition coefficient (Wildman–Crippen LogP) is 4.92. The fourth-order valence-electron chi connectivity index (χ4n) is 5.27. The average molecular weight is 583 g/mol. The number of para-hydroxylation sites is 1. The molecule has 4 aromatic rings. The molecule has 5 rings (SSSR count). The SMILES string of the molecule is CN(C)CCCc1c(C2CCN(C[C@H](O)COc3cccc4ccoc34)CC2)sc2ccccc12.O=C(O)C(=O)O. The van der Waals surface area contributed by atoms with Crippen LogP contribution >= 0.6 is 11.3 Å². The van der Waals surface area contributed by atoms with Gasteiger partial charge in [0.2, 0.25) is 0 Å². The van der Waals surface area contributed by atoms with Crippen molar-refractivity contribution in [1.29, 1.82) is 0 Å². The number of fused-ring (bicyclic) bond motifs is 2. The molecule has 220 valence electrons. The van der Waals surface area contributed by atoms with E-state index < -0.39 is 18.0 Å². The summed E-state index contributed by atoms with van der Waals surface area (Å²) >= 11 is 2.00. The number of aliphatic hydroxyl groups is 1. The highest BCUT2D eigenvalue weighted by Crippen LogP contribution is 2.41. The second-order valence-corrected chi connectivity index (χ2v) is 11.7. The number of thiophene rings is 1. The molecule has 2 aromatic carbocycles. The zero-order valence-corrected chi connectivity index (χ0v) is 24.3. The molecule has 1 saturated heterocycles. The van der Waals surface area contributed by atoms with E-state index in [1.54, 1.807) is 16.7 Å². The van der Waals surface area contributed by atoms with Gasteiger partial charge in [-0.1, -0.05) is 30.3 Å². The van der Waals surface area contributed by atoms with E-state index >= 15 is 0 Å². The molecule has 41 heavy (non-hydrogen) atoms. The van der Waals surface area contributed by atoms with Gasteiger partial charge in [0.05, 0.1) is 6.26 Å². The molecular formula is C31H38N2O7S. The maximum absolute atomic E-state index is 10.7. The Morgan fingerprint density at radius 1 is 1.07 bits per heavy atom. The van der Waals surface area contributed by atoms with Crippen LogP contribution in [0.2, 0.25) is 0 Å². The lowest BCUT2D eigenvalue weighted by Gasteiger charge is -2.33. The van der Waals surface area contributed by atoms with E-state index in [9.17, 15) is 5.11 Å². The number of aryl methyl sites for hydroxylation is 1. The minimum Gasteiger partial charge on any atom is -0.487 e. The van der Waals surface area contributed by atoms with Crippen LogP contribution in [0.4, 0.5) is 0 Å². The van der Waals surface area contributed by atoms with E-state index in [4.69, 9.17) is 29.0 Å². The number of hydrogen-bond acceptors (Lipinski definition) is 8. The number of ether oxygens (including phenoxy) is 1. The number of carboxylic acids is 2. The number of β-amino-alcohol motifs (C(OH)–C–C–N with tert-alkyl or cyclic N) is 1. The number of nitrogens with zero attached hydrogens (tertiary/aromatic N) is 2. The fraction of sp³-hybridized carbons (Fsp3) is 0.419. The standard InChI is InChI=1S/C29H36N2O3S.C2H2O4/c1-30(2)15-6-9-25-24-8-3-4-11-27(24)35-29(25)22-12-16-31(17-13-22)19-23(32)20-34-26-10-5-7-21-14-18-33-28(21)26;3-1(4)2(5)6/h3-5,7-8,10-11,14,18,22-23,32H,6,9,12-13,15-17,19-20H2,1-2H3;(H,3,4)(H,5,6)/t23-;/m0./s1. The van der Waals surface area contributed by atoms with Gasteiger partial charge in [-0.15, -0.1) is 11.3 Å². The van der Waals surface area contributed by atoms with Crippen LogP contribution in [0.3, 0.4) is 0 Å². The first-order chi connectivity index (χ1) is 19.7. The van der Waals surface area contributed by atoms with Crippen LogP contribution in [0, 0.1) is 0 Å². The lowest BCUT2D eigenvalue weighted by molar-refractivity contribution is -0.159. The Kier molecular flexibility index (Phi) is 10.8. The third-order valence-corrected chi connectivity index (χ3v) is 8.62. The highest BCUT2D eigenvalue weighted by Gasteiger charge is 2.26. The highest BCUT2D eigenvalue weighted by molar-refractivity contribution is 7.19. The molecule has 10 heteroatoms. The van der Waals surface area contributed by atoms with Crippen molar-refractivity contribution in [3.05, 3.63) is 65.2 Å². The van der Waals surface area contributed by atoms with Gasteiger partial charge in [0.15, 0.2) is 11.3 Å². The zero-order chi connectivity index (χ0) is 29.4. The van der Waals surface area contributed by atoms with E-state index in [0.29, 0.717) is 18.2 Å². The average Bonchev–Trinajstić information content (AvgIpc) is 3.58. The Balaban J connectivity index is 0.000000585. The van der Waals surface area contributed by atoms with E-state index in [2.05, 4.69) is 48.2 Å². The third kappa shape index (κ3) is 8.29. The lowest BCUT2D eigenvalue weighted by atomic mass is 9.90. The van der Waals surface area contributed by atoms with Crippen molar-refractivity contribution in [2.45, 2.75) is 37.7 Å². The summed E-state index contributed by atoms with van der Waals surface area (Å²) in [6.07, 6.45) is 5.78. The molecule has 2 aromatic heterocycles. The lowest BCUT2D eigenvalue weighted by Crippen LogP contribution is -2.40. The molecule has 0 saturated carbocycles. The van der Waals surface area contributed by atoms with Crippen LogP contribution < -0.4 is 4.74 Å². The molecule has 1 fully saturated rings. The summed E-state index contributed by atoms with van der Waals surface area (Å²) < 4.78 is 12.9. The maximum Gasteiger partial charge on any atom is 0.414 e. The van der Waals surface area contributed by atoms with Crippen molar-refractivity contribution in [1.82, 2.24) is 9.80 Å². The monoisotopic (exact) mass is 582 g/mol. The molecule has 3 heterocycles. The second-order valence-electron chi connectivity index (χ2n) is 10.6. The Hall–Kier alpha value is -3.44. The van der Waals surface area contributed by atoms with Crippen LogP contribution in [0.5, 0.6) is 5.75 Å². The Labute approximate surface area is 243 Å². The summed E-state index contributed by atoms with van der Waals surface area (Å²) in [5.74, 6) is -2.34. The van der Waals surface area contributed by atoms with Gasteiger partial charge in [-0.3, -0.25) is 0 Å². The number of carboxylic acid groups (broad SMARTS) is 2. The van der Waals surface area contributed by atoms with Crippen molar-refractivity contribution in [3.8, 4) is 5.75 Å².